The molecule has 0 aromatic heterocycles. The van der Waals surface area contributed by atoms with E-state index in [0.29, 0.717) is 0 Å². The second kappa shape index (κ2) is 25.9. The highest BCUT2D eigenvalue weighted by Crippen LogP contribution is 2.36. The van der Waals surface area contributed by atoms with Crippen LogP contribution in [-0.4, -0.2) is 195 Å². The number of nitrogens with one attached hydrogen (secondary N) is 2. The Labute approximate surface area is 485 Å². The van der Waals surface area contributed by atoms with Crippen molar-refractivity contribution in [3.05, 3.63) is 84.9 Å². The molecule has 0 unspecified atom stereocenters. The van der Waals surface area contributed by atoms with Crippen molar-refractivity contribution in [3.8, 4) is 11.5 Å². The van der Waals surface area contributed by atoms with E-state index in [1.807, 2.05) is 0 Å². The predicted molar refractivity (Wildman–Crippen MR) is 271 cm³/mol. The lowest BCUT2D eigenvalue weighted by atomic mass is 9.99. The summed E-state index contributed by atoms with van der Waals surface area (Å²) >= 11 is 0. The fraction of sp³-hybridized carbons (Fsp3) is 0.353. The van der Waals surface area contributed by atoms with Crippen LogP contribution in [0.4, 0.5) is 11.4 Å². The summed E-state index contributed by atoms with van der Waals surface area (Å²) in [6, 6.07) is 14.0. The molecule has 10 atom stereocenters. The maximum atomic E-state index is 13.6. The second-order valence-electron chi connectivity index (χ2n) is 16.6. The van der Waals surface area contributed by atoms with E-state index in [2.05, 4.69) is 42.9 Å². The molecule has 4 aromatic carbocycles. The molecule has 2 fully saturated rings. The number of hydrogen-bond acceptors (Lipinski definition) is 32. The molecule has 0 amide bonds. The lowest BCUT2D eigenvalue weighted by Crippen LogP contribution is -2.63. The van der Waals surface area contributed by atoms with Crippen LogP contribution < -0.4 is 18.9 Å². The molecule has 2 aliphatic rings. The van der Waals surface area contributed by atoms with Gasteiger partial charge in [-0.3, -0.25) is 45.9 Å². The number of anilines is 2. The van der Waals surface area contributed by atoms with Gasteiger partial charge in [0.05, 0.1) is 23.0 Å². The third kappa shape index (κ3) is 21.7. The predicted octanol–water partition coefficient (Wildman–Crippen LogP) is -2.58. The van der Waals surface area contributed by atoms with Gasteiger partial charge >= 0.3 is 83.2 Å². The summed E-state index contributed by atoms with van der Waals surface area (Å²) in [7, 11) is -55.0. The Morgan fingerprint density at radius 3 is 0.872 bits per heavy atom. The average molecular weight is 1440 g/mol. The van der Waals surface area contributed by atoms with E-state index in [0.717, 1.165) is 72.8 Å². The van der Waals surface area contributed by atoms with Crippen LogP contribution in [0.5, 0.6) is 11.5 Å². The summed E-state index contributed by atoms with van der Waals surface area (Å²) in [6.45, 7) is -3.15. The van der Waals surface area contributed by atoms with E-state index in [-0.39, 0.29) is 22.1 Å². The van der Waals surface area contributed by atoms with Crippen molar-refractivity contribution in [2.75, 3.05) is 22.7 Å². The molecule has 10 N–H and O–H groups in total. The number of rotatable bonds is 28. The molecule has 2 aliphatic heterocycles. The van der Waals surface area contributed by atoms with E-state index in [9.17, 15) is 111 Å². The first-order chi connectivity index (χ1) is 39.0. The second-order valence-corrected chi connectivity index (χ2v) is 28.4. The summed E-state index contributed by atoms with van der Waals surface area (Å²) in [4.78, 5) is -0.896. The van der Waals surface area contributed by atoms with E-state index < -0.39 is 199 Å². The zero-order valence-electron chi connectivity index (χ0n) is 41.0. The quantitative estimate of drug-likeness (QED) is 0.0261. The van der Waals surface area contributed by atoms with Gasteiger partial charge in [-0.05, 0) is 83.6 Å². The van der Waals surface area contributed by atoms with E-state index in [1.165, 1.54) is 12.1 Å². The van der Waals surface area contributed by atoms with E-state index >= 15 is 0 Å². The van der Waals surface area contributed by atoms with Gasteiger partial charge in [0.25, 0.3) is 20.0 Å². The van der Waals surface area contributed by atoms with Crippen molar-refractivity contribution in [1.29, 1.82) is 0 Å². The van der Waals surface area contributed by atoms with Gasteiger partial charge in [-0.25, -0.2) is 50.3 Å². The normalized spacial score (nSPS) is 24.2. The van der Waals surface area contributed by atoms with Crippen molar-refractivity contribution in [2.45, 2.75) is 71.2 Å². The average Bonchev–Trinajstić information content (AvgIpc) is 0.999. The number of sulfonamides is 2. The zero-order valence-corrected chi connectivity index (χ0v) is 49.2. The maximum absolute atomic E-state index is 13.6. The van der Waals surface area contributed by atoms with E-state index in [4.69, 9.17) is 28.1 Å². The van der Waals surface area contributed by atoms with E-state index in [1.54, 1.807) is 0 Å². The summed E-state index contributed by atoms with van der Waals surface area (Å²) in [5.41, 5.74) is -0.547. The molecule has 0 aliphatic carbocycles. The highest BCUT2D eigenvalue weighted by Gasteiger charge is 2.56. The summed E-state index contributed by atoms with van der Waals surface area (Å²) < 4.78 is 375. The first-order valence-electron chi connectivity index (χ1n) is 21.6. The van der Waals surface area contributed by atoms with Crippen molar-refractivity contribution in [1.82, 2.24) is 0 Å². The van der Waals surface area contributed by atoms with Gasteiger partial charge in [0.15, 0.2) is 12.2 Å². The van der Waals surface area contributed by atoms with Crippen LogP contribution in [0, 0.1) is 0 Å². The largest absolute Gasteiger partial charge is 0.462 e. The van der Waals surface area contributed by atoms with Crippen molar-refractivity contribution < 1.29 is 173 Å². The number of fused-ring (bicyclic) bond motifs is 1. The smallest absolute Gasteiger partial charge is 0.397 e. The molecule has 2 saturated heterocycles. The van der Waals surface area contributed by atoms with Crippen LogP contribution in [0.2, 0.25) is 0 Å². The number of benzene rings is 4. The van der Waals surface area contributed by atoms with Gasteiger partial charge in [0.2, 0.25) is 12.6 Å². The first-order valence-corrected chi connectivity index (χ1v) is 35.5. The maximum Gasteiger partial charge on any atom is 0.397 e. The molecule has 42 nitrogen and oxygen atoms in total. The molecule has 86 heavy (non-hydrogen) atoms. The van der Waals surface area contributed by atoms with Crippen molar-refractivity contribution in [2.24, 2.45) is 0 Å². The third-order valence-corrected chi connectivity index (χ3v) is 16.9. The highest BCUT2D eigenvalue weighted by molar-refractivity contribution is 7.93. The van der Waals surface area contributed by atoms with Gasteiger partial charge in [0.1, 0.15) is 48.1 Å². The molecule has 0 spiro atoms. The summed E-state index contributed by atoms with van der Waals surface area (Å²) in [6.07, 6.45) is -26.9. The molecule has 0 radical (unpaired) electrons. The minimum atomic E-state index is -5.86. The third-order valence-electron chi connectivity index (χ3n) is 10.5. The Bertz CT molecular complexity index is 4060. The van der Waals surface area contributed by atoms with Crippen molar-refractivity contribution in [3.63, 3.8) is 0 Å². The Hall–Kier alpha value is -4.88. The van der Waals surface area contributed by atoms with Crippen LogP contribution in [0.15, 0.2) is 94.7 Å². The first kappa shape index (κ1) is 70.2. The van der Waals surface area contributed by atoms with Crippen LogP contribution in [0.1, 0.15) is 0 Å². The molecule has 6 rings (SSSR count). The van der Waals surface area contributed by atoms with Gasteiger partial charge in [-0.2, -0.15) is 67.3 Å². The summed E-state index contributed by atoms with van der Waals surface area (Å²) in [5.74, 6) is -1.04. The SMILES string of the molecule is O=S(=O)(O)OC[C@H]1O[C@@H](Oc2ccc(NS(=O)(=O)c3ccc4cc(S(=O)(=O)Nc5ccc(O[C@@H]6O[C@H](COS(=O)(=O)O)[C@@H](OS(=O)(=O)O)[C@H](OS(=O)(=O)O)[C@H]6OS(=O)(=O)O)cc5)ccc4c3)cc2)[C@H](OS(=O)(=O)O)[C@@H](OS(=O)(=O)O)[C@@H]1OS(=O)(=O)O. The van der Waals surface area contributed by atoms with Gasteiger partial charge in [-0.1, -0.05) is 12.1 Å². The minimum absolute atomic E-state index is 0.111. The van der Waals surface area contributed by atoms with Crippen LogP contribution in [0.25, 0.3) is 10.8 Å². The molecule has 52 heteroatoms. The monoisotopic (exact) mass is 1430 g/mol. The lowest BCUT2D eigenvalue weighted by molar-refractivity contribution is -0.260. The molecular weight excluding hydrogens is 1400 g/mol. The zero-order chi connectivity index (χ0) is 64.6. The van der Waals surface area contributed by atoms with Crippen LogP contribution in [0.3, 0.4) is 0 Å². The Morgan fingerprint density at radius 1 is 0.337 bits per heavy atom. The van der Waals surface area contributed by atoms with Gasteiger partial charge < -0.3 is 18.9 Å². The van der Waals surface area contributed by atoms with Gasteiger partial charge in [0, 0.05) is 11.4 Å². The van der Waals surface area contributed by atoms with Crippen molar-refractivity contribution >= 4 is 125 Å². The molecule has 4 aromatic rings. The standard InChI is InChI=1S/C34H38N2O40S10/c37-77(38,35-19-3-7-21(8-4-19)67-33-31(75-85(59,60)61)29(73-83(53,54)55)27(71-81(47,48)49)25(69-33)15-65-79(41,42)43)23-11-1-17-13-24(12-2-18(17)14-23)78(39,40)36-20-5-9-22(10-6-20)68-34-32(76-86(62,63)64)30(74-84(56,57)58)28(72-82(50,51)52)26(70-34)16-66-80(44,45)46/h1-14,25-36H,15-16H2,(H,41,42,43)(H,44,45,46)(H,47,48,49)(H,50,51,52)(H,53,54,55)(H,56,57,58)(H,59,60,61)(H,62,63,64)/t25-,26-,27-,28-,29+,30+,31-,32-,33-,34-/m1/s1. The van der Waals surface area contributed by atoms with Crippen LogP contribution in [-0.2, 0) is 146 Å². The number of ether oxygens (including phenoxy) is 4. The fourth-order valence-corrected chi connectivity index (χ4v) is 13.2. The Kier molecular flexibility index (Phi) is 21.2. The molecule has 2 heterocycles. The topological polar surface area (TPSA) is 638 Å². The summed E-state index contributed by atoms with van der Waals surface area (Å²) in [5, 5.41) is 0.222. The molecule has 484 valence electrons. The van der Waals surface area contributed by atoms with Gasteiger partial charge in [-0.15, -0.1) is 0 Å². The Balaban J connectivity index is 1.18. The minimum Gasteiger partial charge on any atom is -0.462 e. The number of hydrogen-bond donors (Lipinski definition) is 10. The molecule has 0 bridgehead atoms. The fourth-order valence-electron chi connectivity index (χ4n) is 7.46. The highest BCUT2D eigenvalue weighted by atomic mass is 32.3. The Morgan fingerprint density at radius 2 is 0.605 bits per heavy atom. The molecule has 0 saturated carbocycles. The van der Waals surface area contributed by atoms with Crippen LogP contribution >= 0.6 is 0 Å². The molecular formula is C34H38N2O40S10. The lowest BCUT2D eigenvalue weighted by Gasteiger charge is -2.42.